The van der Waals surface area contributed by atoms with Gasteiger partial charge in [0.1, 0.15) is 5.75 Å². The first-order valence-electron chi connectivity index (χ1n) is 6.08. The zero-order valence-corrected chi connectivity index (χ0v) is 13.8. The van der Waals surface area contributed by atoms with Gasteiger partial charge in [-0.1, -0.05) is 34.8 Å². The molecule has 4 nitrogen and oxygen atoms in total. The molecular weight excluding hydrogens is 337 g/mol. The van der Waals surface area contributed by atoms with Gasteiger partial charge in [0.25, 0.3) is 0 Å². The Kier molecular flexibility index (Phi) is 4.81. The number of benzene rings is 1. The third-order valence-electron chi connectivity index (χ3n) is 2.65. The third kappa shape index (κ3) is 3.18. The number of nitrogens with zero attached hydrogens (tertiary/aromatic N) is 1. The summed E-state index contributed by atoms with van der Waals surface area (Å²) in [5, 5.41) is 1.31. The zero-order chi connectivity index (χ0) is 15.7. The van der Waals surface area contributed by atoms with Crippen molar-refractivity contribution in [3.8, 4) is 5.75 Å². The maximum atomic E-state index is 11.7. The Morgan fingerprint density at radius 2 is 1.86 bits per heavy atom. The first-order valence-corrected chi connectivity index (χ1v) is 7.21. The Morgan fingerprint density at radius 3 is 2.43 bits per heavy atom. The van der Waals surface area contributed by atoms with Crippen LogP contribution in [0, 0.1) is 0 Å². The van der Waals surface area contributed by atoms with Gasteiger partial charge in [-0.3, -0.25) is 0 Å². The SMILES string of the molecule is COC(=O)c1cc(OC(C)C)c2c(Cl)c(Cl)cc(Cl)c2n1. The van der Waals surface area contributed by atoms with E-state index in [1.165, 1.54) is 19.2 Å². The summed E-state index contributed by atoms with van der Waals surface area (Å²) in [5.41, 5.74) is 0.422. The standard InChI is InChI=1S/C14H12Cl3NO3/c1-6(2)21-10-5-9(14(19)20-3)18-13-8(16)4-7(15)12(17)11(10)13/h4-6H,1-3H3. The van der Waals surface area contributed by atoms with Crippen LogP contribution in [-0.2, 0) is 4.74 Å². The topological polar surface area (TPSA) is 48.4 Å². The van der Waals surface area contributed by atoms with Crippen LogP contribution in [0.5, 0.6) is 5.75 Å². The molecule has 21 heavy (non-hydrogen) atoms. The second kappa shape index (κ2) is 6.26. The minimum absolute atomic E-state index is 0.0842. The van der Waals surface area contributed by atoms with Crippen molar-refractivity contribution in [3.05, 3.63) is 32.9 Å². The molecule has 0 amide bonds. The Balaban J connectivity index is 2.84. The summed E-state index contributed by atoms with van der Waals surface area (Å²) in [7, 11) is 1.27. The summed E-state index contributed by atoms with van der Waals surface area (Å²) in [6.07, 6.45) is -0.130. The number of carbonyl (C=O) groups is 1. The lowest BCUT2D eigenvalue weighted by molar-refractivity contribution is 0.0593. The fourth-order valence-electron chi connectivity index (χ4n) is 1.83. The van der Waals surface area contributed by atoms with E-state index in [2.05, 4.69) is 9.72 Å². The number of ether oxygens (including phenoxy) is 2. The van der Waals surface area contributed by atoms with Crippen molar-refractivity contribution in [1.29, 1.82) is 0 Å². The predicted octanol–water partition coefficient (Wildman–Crippen LogP) is 4.77. The third-order valence-corrected chi connectivity index (χ3v) is 3.72. The van der Waals surface area contributed by atoms with E-state index < -0.39 is 5.97 Å². The van der Waals surface area contributed by atoms with Gasteiger partial charge < -0.3 is 9.47 Å². The molecule has 7 heteroatoms. The van der Waals surface area contributed by atoms with Crippen molar-refractivity contribution in [3.63, 3.8) is 0 Å². The van der Waals surface area contributed by atoms with Crippen LogP contribution in [0.15, 0.2) is 12.1 Å². The Bertz CT molecular complexity index is 716. The van der Waals surface area contributed by atoms with Crippen molar-refractivity contribution in [1.82, 2.24) is 4.98 Å². The minimum atomic E-state index is -0.590. The highest BCUT2D eigenvalue weighted by Gasteiger charge is 2.20. The summed E-state index contributed by atoms with van der Waals surface area (Å²) < 4.78 is 10.4. The molecule has 0 spiro atoms. The fourth-order valence-corrected chi connectivity index (χ4v) is 2.57. The van der Waals surface area contributed by atoms with E-state index >= 15 is 0 Å². The quantitative estimate of drug-likeness (QED) is 0.592. The molecule has 0 N–H and O–H groups in total. The maximum absolute atomic E-state index is 11.7. The number of esters is 1. The van der Waals surface area contributed by atoms with Gasteiger partial charge in [0.15, 0.2) is 5.69 Å². The van der Waals surface area contributed by atoms with Gasteiger partial charge in [0.2, 0.25) is 0 Å². The van der Waals surface area contributed by atoms with Crippen LogP contribution in [0.3, 0.4) is 0 Å². The Morgan fingerprint density at radius 1 is 1.19 bits per heavy atom. The monoisotopic (exact) mass is 347 g/mol. The Labute approximate surface area is 136 Å². The maximum Gasteiger partial charge on any atom is 0.356 e. The van der Waals surface area contributed by atoms with E-state index in [1.54, 1.807) is 0 Å². The van der Waals surface area contributed by atoms with Crippen LogP contribution in [-0.4, -0.2) is 24.2 Å². The van der Waals surface area contributed by atoms with Crippen LogP contribution in [0.1, 0.15) is 24.3 Å². The number of hydrogen-bond acceptors (Lipinski definition) is 4. The van der Waals surface area contributed by atoms with Gasteiger partial charge in [-0.2, -0.15) is 0 Å². The highest BCUT2D eigenvalue weighted by Crippen LogP contribution is 2.40. The highest BCUT2D eigenvalue weighted by atomic mass is 35.5. The molecule has 0 aliphatic carbocycles. The average Bonchev–Trinajstić information content (AvgIpc) is 2.42. The molecule has 0 unspecified atom stereocenters. The molecule has 0 bridgehead atoms. The Hall–Kier alpha value is -1.23. The van der Waals surface area contributed by atoms with E-state index in [1.807, 2.05) is 13.8 Å². The first kappa shape index (κ1) is 16.1. The lowest BCUT2D eigenvalue weighted by atomic mass is 10.1. The van der Waals surface area contributed by atoms with Crippen molar-refractivity contribution >= 4 is 51.7 Å². The molecule has 2 aromatic rings. The molecule has 0 aliphatic rings. The molecule has 0 atom stereocenters. The van der Waals surface area contributed by atoms with E-state index in [9.17, 15) is 4.79 Å². The fraction of sp³-hybridized carbons (Fsp3) is 0.286. The smallest absolute Gasteiger partial charge is 0.356 e. The van der Waals surface area contributed by atoms with Crippen LogP contribution in [0.25, 0.3) is 10.9 Å². The molecule has 1 heterocycles. The summed E-state index contributed by atoms with van der Waals surface area (Å²) >= 11 is 18.4. The van der Waals surface area contributed by atoms with Crippen LogP contribution >= 0.6 is 34.8 Å². The molecular formula is C14H12Cl3NO3. The van der Waals surface area contributed by atoms with E-state index in [4.69, 9.17) is 39.5 Å². The normalized spacial score (nSPS) is 11.0. The number of hydrogen-bond donors (Lipinski definition) is 0. The lowest BCUT2D eigenvalue weighted by Crippen LogP contribution is -2.10. The minimum Gasteiger partial charge on any atom is -0.490 e. The number of rotatable bonds is 3. The highest BCUT2D eigenvalue weighted by molar-refractivity contribution is 6.48. The van der Waals surface area contributed by atoms with E-state index in [-0.39, 0.29) is 26.9 Å². The average molecular weight is 349 g/mol. The second-order valence-electron chi connectivity index (χ2n) is 4.54. The van der Waals surface area contributed by atoms with Gasteiger partial charge in [-0.15, -0.1) is 0 Å². The molecule has 0 aliphatic heterocycles. The summed E-state index contributed by atoms with van der Waals surface area (Å²) in [5.74, 6) is -0.211. The number of fused-ring (bicyclic) bond motifs is 1. The first-order chi connectivity index (χ1) is 9.85. The molecule has 1 aromatic heterocycles. The zero-order valence-electron chi connectivity index (χ0n) is 11.5. The van der Waals surface area contributed by atoms with Crippen molar-refractivity contribution < 1.29 is 14.3 Å². The number of carbonyl (C=O) groups excluding carboxylic acids is 1. The lowest BCUT2D eigenvalue weighted by Gasteiger charge is -2.15. The molecule has 0 saturated heterocycles. The van der Waals surface area contributed by atoms with Crippen molar-refractivity contribution in [2.24, 2.45) is 0 Å². The van der Waals surface area contributed by atoms with E-state index in [0.29, 0.717) is 16.7 Å². The molecule has 0 radical (unpaired) electrons. The van der Waals surface area contributed by atoms with Crippen molar-refractivity contribution in [2.45, 2.75) is 20.0 Å². The molecule has 0 fully saturated rings. The summed E-state index contributed by atoms with van der Waals surface area (Å²) in [4.78, 5) is 15.9. The molecule has 1 aromatic carbocycles. The number of halogens is 3. The predicted molar refractivity (Wildman–Crippen MR) is 83.9 cm³/mol. The van der Waals surface area contributed by atoms with E-state index in [0.717, 1.165) is 0 Å². The molecule has 0 saturated carbocycles. The van der Waals surface area contributed by atoms with Crippen LogP contribution < -0.4 is 4.74 Å². The molecule has 2 rings (SSSR count). The van der Waals surface area contributed by atoms with Gasteiger partial charge in [0, 0.05) is 6.07 Å². The largest absolute Gasteiger partial charge is 0.490 e. The van der Waals surface area contributed by atoms with Gasteiger partial charge in [-0.05, 0) is 19.9 Å². The summed E-state index contributed by atoms with van der Waals surface area (Å²) in [6.45, 7) is 3.70. The molecule has 112 valence electrons. The van der Waals surface area contributed by atoms with Crippen LogP contribution in [0.2, 0.25) is 15.1 Å². The van der Waals surface area contributed by atoms with Gasteiger partial charge >= 0.3 is 5.97 Å². The second-order valence-corrected chi connectivity index (χ2v) is 5.73. The number of methoxy groups -OCH3 is 1. The van der Waals surface area contributed by atoms with Gasteiger partial charge in [-0.25, -0.2) is 9.78 Å². The summed E-state index contributed by atoms with van der Waals surface area (Å²) in [6, 6.07) is 2.94. The number of aromatic nitrogens is 1. The van der Waals surface area contributed by atoms with Crippen LogP contribution in [0.4, 0.5) is 0 Å². The van der Waals surface area contributed by atoms with Crippen molar-refractivity contribution in [2.75, 3.05) is 7.11 Å². The van der Waals surface area contributed by atoms with Gasteiger partial charge in [0.05, 0.1) is 39.2 Å². The number of pyridine rings is 1.